The number of nitrogens with zero attached hydrogens (tertiary/aromatic N) is 2. The lowest BCUT2D eigenvalue weighted by Crippen LogP contribution is -2.22. The second-order valence-corrected chi connectivity index (χ2v) is 3.43. The first-order chi connectivity index (χ1) is 8.60. The second kappa shape index (κ2) is 8.22. The summed E-state index contributed by atoms with van der Waals surface area (Å²) < 4.78 is 1.35. The fourth-order valence-electron chi connectivity index (χ4n) is 1.26. The molecule has 100 valence electrons. The van der Waals surface area contributed by atoms with Crippen molar-refractivity contribution in [1.82, 2.24) is 14.4 Å². The standard InChI is InChI=1S/C8H7N3O2.C3H8.C2H6/c1-5-4-7(12)10-6-2-3-9-8(13)11(5)6;1-3-2;1-2/h2-4H,1H3,(H,10,12);3H2,1-2H3;1-2H3. The summed E-state index contributed by atoms with van der Waals surface area (Å²) in [6.07, 6.45) is 2.62. The number of hydrogen-bond donors (Lipinski definition) is 1. The van der Waals surface area contributed by atoms with Gasteiger partial charge < -0.3 is 4.98 Å². The fourth-order valence-corrected chi connectivity index (χ4v) is 1.26. The van der Waals surface area contributed by atoms with Crippen LogP contribution in [0.1, 0.15) is 39.8 Å². The molecule has 1 N–H and O–H groups in total. The third-order valence-corrected chi connectivity index (χ3v) is 1.79. The summed E-state index contributed by atoms with van der Waals surface area (Å²) in [5.74, 6) is 0. The molecule has 0 aliphatic rings. The van der Waals surface area contributed by atoms with Gasteiger partial charge in [-0.2, -0.15) is 0 Å². The lowest BCUT2D eigenvalue weighted by Gasteiger charge is -2.00. The minimum atomic E-state index is -0.383. The maximum atomic E-state index is 11.2. The SMILES string of the molecule is CC.CCC.Cc1cc(=O)[nH]c2ccnc(=O)n12. The van der Waals surface area contributed by atoms with Gasteiger partial charge in [-0.05, 0) is 13.0 Å². The molecule has 2 rings (SSSR count). The predicted octanol–water partition coefficient (Wildman–Crippen LogP) is 2.13. The summed E-state index contributed by atoms with van der Waals surface area (Å²) in [4.78, 5) is 28.4. The second-order valence-electron chi connectivity index (χ2n) is 3.43. The van der Waals surface area contributed by atoms with Crippen molar-refractivity contribution in [3.05, 3.63) is 44.9 Å². The van der Waals surface area contributed by atoms with Gasteiger partial charge in [0, 0.05) is 18.0 Å². The first-order valence-corrected chi connectivity index (χ1v) is 6.17. The number of hydrogen-bond acceptors (Lipinski definition) is 3. The molecule has 0 spiro atoms. The molecule has 5 heteroatoms. The van der Waals surface area contributed by atoms with Crippen LogP contribution in [0.3, 0.4) is 0 Å². The van der Waals surface area contributed by atoms with E-state index in [1.165, 1.54) is 23.1 Å². The van der Waals surface area contributed by atoms with Crippen LogP contribution in [0.5, 0.6) is 0 Å². The first-order valence-electron chi connectivity index (χ1n) is 6.17. The Balaban J connectivity index is 0.000000509. The van der Waals surface area contributed by atoms with E-state index in [-0.39, 0.29) is 11.2 Å². The van der Waals surface area contributed by atoms with Gasteiger partial charge in [-0.25, -0.2) is 9.78 Å². The van der Waals surface area contributed by atoms with E-state index in [0.29, 0.717) is 11.3 Å². The van der Waals surface area contributed by atoms with Crippen molar-refractivity contribution in [3.63, 3.8) is 0 Å². The van der Waals surface area contributed by atoms with Crippen molar-refractivity contribution in [2.75, 3.05) is 0 Å². The van der Waals surface area contributed by atoms with Gasteiger partial charge in [0.15, 0.2) is 0 Å². The number of H-pyrrole nitrogens is 1. The molecule has 0 radical (unpaired) electrons. The van der Waals surface area contributed by atoms with Crippen LogP contribution in [0.2, 0.25) is 0 Å². The molecule has 0 aliphatic carbocycles. The zero-order valence-electron chi connectivity index (χ0n) is 11.7. The van der Waals surface area contributed by atoms with Gasteiger partial charge in [-0.3, -0.25) is 9.20 Å². The number of aryl methyl sites for hydroxylation is 1. The third-order valence-electron chi connectivity index (χ3n) is 1.79. The van der Waals surface area contributed by atoms with E-state index in [0.717, 1.165) is 0 Å². The summed E-state index contributed by atoms with van der Waals surface area (Å²) in [5.41, 5.74) is 0.441. The maximum absolute atomic E-state index is 11.2. The van der Waals surface area contributed by atoms with E-state index in [2.05, 4.69) is 23.8 Å². The molecular formula is C13H21N3O2. The van der Waals surface area contributed by atoms with E-state index in [9.17, 15) is 9.59 Å². The molecule has 0 bridgehead atoms. The summed E-state index contributed by atoms with van der Waals surface area (Å²) in [7, 11) is 0. The van der Waals surface area contributed by atoms with Crippen molar-refractivity contribution in [1.29, 1.82) is 0 Å². The van der Waals surface area contributed by atoms with Crippen LogP contribution in [0, 0.1) is 6.92 Å². The summed E-state index contributed by atoms with van der Waals surface area (Å²) in [5, 5.41) is 0. The number of nitrogens with one attached hydrogen (secondary N) is 1. The molecule has 0 fully saturated rings. The van der Waals surface area contributed by atoms with Crippen LogP contribution in [0.4, 0.5) is 0 Å². The zero-order valence-corrected chi connectivity index (χ0v) is 11.7. The molecule has 0 aliphatic heterocycles. The zero-order chi connectivity index (χ0) is 14.1. The molecule has 5 nitrogen and oxygen atoms in total. The highest BCUT2D eigenvalue weighted by atomic mass is 16.1. The lowest BCUT2D eigenvalue weighted by molar-refractivity contribution is 0.916. The van der Waals surface area contributed by atoms with Gasteiger partial charge in [-0.15, -0.1) is 0 Å². The molecular weight excluding hydrogens is 230 g/mol. The molecule has 2 heterocycles. The first kappa shape index (κ1) is 16.1. The van der Waals surface area contributed by atoms with E-state index in [1.807, 2.05) is 13.8 Å². The molecule has 0 amide bonds. The Bertz CT molecular complexity index is 585. The third kappa shape index (κ3) is 4.16. The van der Waals surface area contributed by atoms with Crippen LogP contribution in [0.25, 0.3) is 5.65 Å². The number of aromatic nitrogens is 3. The van der Waals surface area contributed by atoms with Crippen molar-refractivity contribution in [2.24, 2.45) is 0 Å². The lowest BCUT2D eigenvalue weighted by atomic mass is 10.4. The highest BCUT2D eigenvalue weighted by Crippen LogP contribution is 1.94. The van der Waals surface area contributed by atoms with Crippen LogP contribution in [0.15, 0.2) is 27.9 Å². The molecule has 18 heavy (non-hydrogen) atoms. The summed E-state index contributed by atoms with van der Waals surface area (Å²) in [6.45, 7) is 9.94. The van der Waals surface area contributed by atoms with Gasteiger partial charge in [0.25, 0.3) is 5.56 Å². The number of fused-ring (bicyclic) bond motifs is 1. The monoisotopic (exact) mass is 251 g/mol. The smallest absolute Gasteiger partial charge is 0.308 e. The summed E-state index contributed by atoms with van der Waals surface area (Å²) >= 11 is 0. The average Bonchev–Trinajstić information content (AvgIpc) is 2.31. The fraction of sp³-hybridized carbons (Fsp3) is 0.462. The number of rotatable bonds is 0. The maximum Gasteiger partial charge on any atom is 0.353 e. The van der Waals surface area contributed by atoms with Crippen LogP contribution >= 0.6 is 0 Å². The van der Waals surface area contributed by atoms with Crippen LogP contribution < -0.4 is 11.2 Å². The van der Waals surface area contributed by atoms with Crippen LogP contribution in [-0.4, -0.2) is 14.4 Å². The Morgan fingerprint density at radius 2 is 1.83 bits per heavy atom. The van der Waals surface area contributed by atoms with E-state index in [4.69, 9.17) is 0 Å². The normalized spacial score (nSPS) is 8.94. The van der Waals surface area contributed by atoms with Gasteiger partial charge in [0.1, 0.15) is 5.65 Å². The Morgan fingerprint density at radius 1 is 1.28 bits per heavy atom. The van der Waals surface area contributed by atoms with E-state index >= 15 is 0 Å². The molecule has 2 aromatic heterocycles. The van der Waals surface area contributed by atoms with E-state index in [1.54, 1.807) is 13.0 Å². The highest BCUT2D eigenvalue weighted by molar-refractivity contribution is 5.36. The minimum Gasteiger partial charge on any atom is -0.308 e. The average molecular weight is 251 g/mol. The van der Waals surface area contributed by atoms with Gasteiger partial charge in [0.2, 0.25) is 0 Å². The Kier molecular flexibility index (Phi) is 7.35. The molecule has 0 unspecified atom stereocenters. The Morgan fingerprint density at radius 3 is 2.39 bits per heavy atom. The minimum absolute atomic E-state index is 0.219. The summed E-state index contributed by atoms with van der Waals surface area (Å²) in [6, 6.07) is 2.94. The van der Waals surface area contributed by atoms with Crippen molar-refractivity contribution >= 4 is 5.65 Å². The van der Waals surface area contributed by atoms with Crippen LogP contribution in [-0.2, 0) is 0 Å². The Hall–Kier alpha value is -1.91. The molecule has 2 aromatic rings. The predicted molar refractivity (Wildman–Crippen MR) is 74.1 cm³/mol. The largest absolute Gasteiger partial charge is 0.353 e. The topological polar surface area (TPSA) is 67.2 Å². The molecule has 0 aromatic carbocycles. The molecule has 0 saturated heterocycles. The van der Waals surface area contributed by atoms with Crippen molar-refractivity contribution in [2.45, 2.75) is 41.0 Å². The highest BCUT2D eigenvalue weighted by Gasteiger charge is 1.99. The number of aromatic amines is 1. The quantitative estimate of drug-likeness (QED) is 0.780. The molecule has 0 atom stereocenters. The van der Waals surface area contributed by atoms with Crippen molar-refractivity contribution in [3.8, 4) is 0 Å². The van der Waals surface area contributed by atoms with E-state index < -0.39 is 0 Å². The Labute approximate surface area is 107 Å². The van der Waals surface area contributed by atoms with Gasteiger partial charge >= 0.3 is 5.69 Å². The van der Waals surface area contributed by atoms with Gasteiger partial charge in [0.05, 0.1) is 0 Å². The molecule has 0 saturated carbocycles. The van der Waals surface area contributed by atoms with Gasteiger partial charge in [-0.1, -0.05) is 34.1 Å². The van der Waals surface area contributed by atoms with Crippen molar-refractivity contribution < 1.29 is 0 Å².